The SMILES string of the molecule is CCn1ncc(Cl)c1C1(O)CCOC(C)(C)C1. The molecule has 0 aromatic carbocycles. The van der Waals surface area contributed by atoms with Gasteiger partial charge in [-0.1, -0.05) is 11.6 Å². The summed E-state index contributed by atoms with van der Waals surface area (Å²) in [5.74, 6) is 0. The number of hydrogen-bond acceptors (Lipinski definition) is 3. The van der Waals surface area contributed by atoms with Crippen LogP contribution in [-0.4, -0.2) is 27.1 Å². The Morgan fingerprint density at radius 3 is 2.88 bits per heavy atom. The van der Waals surface area contributed by atoms with Crippen molar-refractivity contribution < 1.29 is 9.84 Å². The van der Waals surface area contributed by atoms with Crippen LogP contribution >= 0.6 is 11.6 Å². The molecule has 1 aliphatic heterocycles. The van der Waals surface area contributed by atoms with Gasteiger partial charge >= 0.3 is 0 Å². The van der Waals surface area contributed by atoms with Crippen molar-refractivity contribution in [3.63, 3.8) is 0 Å². The maximum Gasteiger partial charge on any atom is 0.113 e. The van der Waals surface area contributed by atoms with E-state index in [1.165, 1.54) is 0 Å². The molecule has 0 spiro atoms. The van der Waals surface area contributed by atoms with Crippen molar-refractivity contribution in [3.05, 3.63) is 16.9 Å². The molecular formula is C12H19ClN2O2. The summed E-state index contributed by atoms with van der Waals surface area (Å²) in [6.07, 6.45) is 2.69. The van der Waals surface area contributed by atoms with Gasteiger partial charge in [0.05, 0.1) is 29.1 Å². The van der Waals surface area contributed by atoms with Crippen LogP contribution in [0.5, 0.6) is 0 Å². The van der Waals surface area contributed by atoms with Gasteiger partial charge in [-0.15, -0.1) is 0 Å². The Bertz CT molecular complexity index is 417. The highest BCUT2D eigenvalue weighted by molar-refractivity contribution is 6.31. The second-order valence-electron chi connectivity index (χ2n) is 5.22. The molecule has 0 aliphatic carbocycles. The van der Waals surface area contributed by atoms with Crippen LogP contribution in [0.2, 0.25) is 5.02 Å². The fourth-order valence-electron chi connectivity index (χ4n) is 2.61. The van der Waals surface area contributed by atoms with Crippen molar-refractivity contribution in [1.82, 2.24) is 9.78 Å². The molecule has 2 heterocycles. The molecule has 5 heteroatoms. The molecule has 1 aromatic rings. The molecule has 1 saturated heterocycles. The third-order valence-electron chi connectivity index (χ3n) is 3.26. The van der Waals surface area contributed by atoms with E-state index in [4.69, 9.17) is 16.3 Å². The van der Waals surface area contributed by atoms with Crippen LogP contribution in [0.3, 0.4) is 0 Å². The summed E-state index contributed by atoms with van der Waals surface area (Å²) < 4.78 is 7.41. The average molecular weight is 259 g/mol. The molecule has 96 valence electrons. The minimum Gasteiger partial charge on any atom is -0.383 e. The van der Waals surface area contributed by atoms with Crippen molar-refractivity contribution in [1.29, 1.82) is 0 Å². The van der Waals surface area contributed by atoms with E-state index in [0.29, 0.717) is 31.0 Å². The van der Waals surface area contributed by atoms with Gasteiger partial charge in [-0.2, -0.15) is 5.10 Å². The average Bonchev–Trinajstić information content (AvgIpc) is 2.58. The Morgan fingerprint density at radius 1 is 1.59 bits per heavy atom. The summed E-state index contributed by atoms with van der Waals surface area (Å²) in [4.78, 5) is 0. The number of ether oxygens (including phenoxy) is 1. The lowest BCUT2D eigenvalue weighted by Crippen LogP contribution is -2.45. The molecule has 1 unspecified atom stereocenters. The van der Waals surface area contributed by atoms with Crippen LogP contribution < -0.4 is 0 Å². The minimum absolute atomic E-state index is 0.334. The van der Waals surface area contributed by atoms with Crippen molar-refractivity contribution in [2.75, 3.05) is 6.61 Å². The fourth-order valence-corrected chi connectivity index (χ4v) is 2.92. The highest BCUT2D eigenvalue weighted by Crippen LogP contribution is 2.41. The molecular weight excluding hydrogens is 240 g/mol. The van der Waals surface area contributed by atoms with Crippen LogP contribution in [0.4, 0.5) is 0 Å². The molecule has 4 nitrogen and oxygen atoms in total. The minimum atomic E-state index is -0.939. The van der Waals surface area contributed by atoms with Gasteiger partial charge in [0.15, 0.2) is 0 Å². The fraction of sp³-hybridized carbons (Fsp3) is 0.750. The van der Waals surface area contributed by atoms with E-state index in [1.54, 1.807) is 10.9 Å². The summed E-state index contributed by atoms with van der Waals surface area (Å²) in [6.45, 7) is 7.19. The molecule has 1 atom stereocenters. The molecule has 17 heavy (non-hydrogen) atoms. The Labute approximate surface area is 107 Å². The predicted octanol–water partition coefficient (Wildman–Crippen LogP) is 2.33. The Kier molecular flexibility index (Phi) is 3.23. The van der Waals surface area contributed by atoms with Gasteiger partial charge in [0.25, 0.3) is 0 Å². The van der Waals surface area contributed by atoms with Crippen LogP contribution in [0.1, 0.15) is 39.3 Å². The van der Waals surface area contributed by atoms with Gasteiger partial charge in [0.1, 0.15) is 5.60 Å². The van der Waals surface area contributed by atoms with Crippen LogP contribution in [-0.2, 0) is 16.9 Å². The quantitative estimate of drug-likeness (QED) is 0.886. The standard InChI is InChI=1S/C12H19ClN2O2/c1-4-15-10(9(13)7-14-15)12(16)5-6-17-11(2,3)8-12/h7,16H,4-6,8H2,1-3H3. The number of halogens is 1. The summed E-state index contributed by atoms with van der Waals surface area (Å²) in [5.41, 5.74) is -0.553. The van der Waals surface area contributed by atoms with E-state index < -0.39 is 5.60 Å². The predicted molar refractivity (Wildman–Crippen MR) is 66.1 cm³/mol. The van der Waals surface area contributed by atoms with Gasteiger partial charge in [0.2, 0.25) is 0 Å². The lowest BCUT2D eigenvalue weighted by Gasteiger charge is -2.41. The van der Waals surface area contributed by atoms with Crippen LogP contribution in [0, 0.1) is 0 Å². The molecule has 0 saturated carbocycles. The first-order valence-electron chi connectivity index (χ1n) is 5.96. The van der Waals surface area contributed by atoms with Gasteiger partial charge in [-0.3, -0.25) is 4.68 Å². The zero-order chi connectivity index (χ0) is 12.7. The second kappa shape index (κ2) is 4.26. The number of nitrogens with zero attached hydrogens (tertiary/aromatic N) is 2. The third-order valence-corrected chi connectivity index (χ3v) is 3.54. The van der Waals surface area contributed by atoms with Crippen molar-refractivity contribution in [2.24, 2.45) is 0 Å². The third kappa shape index (κ3) is 2.34. The smallest absolute Gasteiger partial charge is 0.113 e. The van der Waals surface area contributed by atoms with Gasteiger partial charge in [0, 0.05) is 19.4 Å². The number of hydrogen-bond donors (Lipinski definition) is 1. The van der Waals surface area contributed by atoms with Crippen LogP contribution in [0.15, 0.2) is 6.20 Å². The van der Waals surface area contributed by atoms with E-state index in [-0.39, 0.29) is 5.60 Å². The van der Waals surface area contributed by atoms with Crippen LogP contribution in [0.25, 0.3) is 0 Å². The van der Waals surface area contributed by atoms with Crippen molar-refractivity contribution >= 4 is 11.6 Å². The van der Waals surface area contributed by atoms with E-state index in [1.807, 2.05) is 20.8 Å². The van der Waals surface area contributed by atoms with E-state index in [2.05, 4.69) is 5.10 Å². The second-order valence-corrected chi connectivity index (χ2v) is 5.63. The first-order valence-corrected chi connectivity index (χ1v) is 6.34. The number of aryl methyl sites for hydroxylation is 1. The van der Waals surface area contributed by atoms with Gasteiger partial charge < -0.3 is 9.84 Å². The lowest BCUT2D eigenvalue weighted by atomic mass is 9.82. The number of rotatable bonds is 2. The van der Waals surface area contributed by atoms with E-state index >= 15 is 0 Å². The summed E-state index contributed by atoms with van der Waals surface area (Å²) >= 11 is 6.16. The molecule has 0 amide bonds. The molecule has 2 rings (SSSR count). The Hall–Kier alpha value is -0.580. The topological polar surface area (TPSA) is 47.3 Å². The summed E-state index contributed by atoms with van der Waals surface area (Å²) in [7, 11) is 0. The highest BCUT2D eigenvalue weighted by Gasteiger charge is 2.43. The zero-order valence-corrected chi connectivity index (χ0v) is 11.3. The number of aliphatic hydroxyl groups is 1. The first-order chi connectivity index (χ1) is 7.88. The summed E-state index contributed by atoms with van der Waals surface area (Å²) in [5, 5.41) is 15.6. The molecule has 1 aromatic heterocycles. The Balaban J connectivity index is 2.40. The van der Waals surface area contributed by atoms with E-state index in [9.17, 15) is 5.11 Å². The monoisotopic (exact) mass is 258 g/mol. The highest BCUT2D eigenvalue weighted by atomic mass is 35.5. The van der Waals surface area contributed by atoms with Gasteiger partial charge in [-0.25, -0.2) is 0 Å². The largest absolute Gasteiger partial charge is 0.383 e. The maximum absolute atomic E-state index is 10.8. The summed E-state index contributed by atoms with van der Waals surface area (Å²) in [6, 6.07) is 0. The zero-order valence-electron chi connectivity index (χ0n) is 10.5. The Morgan fingerprint density at radius 2 is 2.29 bits per heavy atom. The maximum atomic E-state index is 10.8. The lowest BCUT2D eigenvalue weighted by molar-refractivity contribution is -0.151. The molecule has 1 aliphatic rings. The van der Waals surface area contributed by atoms with Gasteiger partial charge in [-0.05, 0) is 20.8 Å². The molecule has 0 radical (unpaired) electrons. The molecule has 0 bridgehead atoms. The normalized spacial score (nSPS) is 28.3. The van der Waals surface area contributed by atoms with Crippen molar-refractivity contribution in [3.8, 4) is 0 Å². The molecule has 1 fully saturated rings. The van der Waals surface area contributed by atoms with E-state index in [0.717, 1.165) is 5.69 Å². The van der Waals surface area contributed by atoms with Crippen molar-refractivity contribution in [2.45, 2.75) is 51.4 Å². The first kappa shape index (κ1) is 12.9. The number of aromatic nitrogens is 2. The molecule has 1 N–H and O–H groups in total.